The van der Waals surface area contributed by atoms with Crippen LogP contribution in [0.15, 0.2) is 42.6 Å². The number of nitrogen functional groups attached to an aromatic ring is 1. The fourth-order valence-corrected chi connectivity index (χ4v) is 1.51. The van der Waals surface area contributed by atoms with Crippen molar-refractivity contribution in [2.75, 3.05) is 5.73 Å². The van der Waals surface area contributed by atoms with Gasteiger partial charge in [-0.3, -0.25) is 10.1 Å². The molecule has 0 spiro atoms. The summed E-state index contributed by atoms with van der Waals surface area (Å²) in [7, 11) is 0. The summed E-state index contributed by atoms with van der Waals surface area (Å²) in [5, 5.41) is 10.9. The lowest BCUT2D eigenvalue weighted by Crippen LogP contribution is -2.00. The van der Waals surface area contributed by atoms with Gasteiger partial charge in [0.05, 0.1) is 10.5 Å². The molecule has 0 unspecified atom stereocenters. The molecule has 0 bridgehead atoms. The lowest BCUT2D eigenvalue weighted by atomic mass is 10.1. The van der Waals surface area contributed by atoms with E-state index in [4.69, 9.17) is 5.73 Å². The average Bonchev–Trinajstić information content (AvgIpc) is 2.29. The molecular weight excluding hydrogens is 206 g/mol. The van der Waals surface area contributed by atoms with Gasteiger partial charge in [-0.1, -0.05) is 30.3 Å². The first-order valence-electron chi connectivity index (χ1n) is 4.64. The van der Waals surface area contributed by atoms with Crippen LogP contribution >= 0.6 is 0 Å². The van der Waals surface area contributed by atoms with Gasteiger partial charge in [-0.25, -0.2) is 4.98 Å². The van der Waals surface area contributed by atoms with Crippen molar-refractivity contribution in [3.8, 4) is 11.1 Å². The minimum atomic E-state index is -0.509. The molecule has 0 aliphatic rings. The van der Waals surface area contributed by atoms with E-state index in [-0.39, 0.29) is 11.5 Å². The SMILES string of the molecule is Nc1nccc(-c2ccccc2)c1[N+](=O)[O-]. The van der Waals surface area contributed by atoms with Gasteiger partial charge < -0.3 is 5.73 Å². The Labute approximate surface area is 91.7 Å². The van der Waals surface area contributed by atoms with Gasteiger partial charge in [-0.05, 0) is 11.6 Å². The molecule has 0 radical (unpaired) electrons. The van der Waals surface area contributed by atoms with E-state index in [1.807, 2.05) is 18.2 Å². The lowest BCUT2D eigenvalue weighted by molar-refractivity contribution is -0.383. The van der Waals surface area contributed by atoms with Gasteiger partial charge in [-0.15, -0.1) is 0 Å². The largest absolute Gasteiger partial charge is 0.378 e. The monoisotopic (exact) mass is 215 g/mol. The summed E-state index contributed by atoms with van der Waals surface area (Å²) in [6.45, 7) is 0. The van der Waals surface area contributed by atoms with Crippen LogP contribution < -0.4 is 5.73 Å². The summed E-state index contributed by atoms with van der Waals surface area (Å²) in [5.41, 5.74) is 6.60. The quantitative estimate of drug-likeness (QED) is 0.615. The average molecular weight is 215 g/mol. The molecule has 0 fully saturated rings. The van der Waals surface area contributed by atoms with Crippen molar-refractivity contribution in [3.63, 3.8) is 0 Å². The molecule has 5 nitrogen and oxygen atoms in total. The van der Waals surface area contributed by atoms with Crippen molar-refractivity contribution >= 4 is 11.5 Å². The second-order valence-corrected chi connectivity index (χ2v) is 3.22. The smallest absolute Gasteiger partial charge is 0.318 e. The maximum Gasteiger partial charge on any atom is 0.318 e. The zero-order chi connectivity index (χ0) is 11.5. The van der Waals surface area contributed by atoms with Gasteiger partial charge in [0.15, 0.2) is 0 Å². The Morgan fingerprint density at radius 1 is 1.19 bits per heavy atom. The van der Waals surface area contributed by atoms with Gasteiger partial charge in [-0.2, -0.15) is 0 Å². The minimum Gasteiger partial charge on any atom is -0.378 e. The highest BCUT2D eigenvalue weighted by atomic mass is 16.6. The molecule has 1 aromatic heterocycles. The van der Waals surface area contributed by atoms with Crippen molar-refractivity contribution in [3.05, 3.63) is 52.7 Å². The number of benzene rings is 1. The van der Waals surface area contributed by atoms with Crippen LogP contribution in [0.3, 0.4) is 0 Å². The van der Waals surface area contributed by atoms with Gasteiger partial charge in [0.1, 0.15) is 0 Å². The van der Waals surface area contributed by atoms with Crippen LogP contribution in [0.5, 0.6) is 0 Å². The van der Waals surface area contributed by atoms with Crippen LogP contribution in [0.4, 0.5) is 11.5 Å². The van der Waals surface area contributed by atoms with Crippen LogP contribution in [0.1, 0.15) is 0 Å². The van der Waals surface area contributed by atoms with Gasteiger partial charge in [0, 0.05) is 6.20 Å². The number of nitrogens with zero attached hydrogens (tertiary/aromatic N) is 2. The summed E-state index contributed by atoms with van der Waals surface area (Å²) >= 11 is 0. The van der Waals surface area contributed by atoms with Crippen molar-refractivity contribution in [2.45, 2.75) is 0 Å². The number of anilines is 1. The van der Waals surface area contributed by atoms with Crippen LogP contribution in [0.2, 0.25) is 0 Å². The fraction of sp³-hybridized carbons (Fsp3) is 0. The van der Waals surface area contributed by atoms with E-state index in [9.17, 15) is 10.1 Å². The maximum atomic E-state index is 10.9. The van der Waals surface area contributed by atoms with Crippen molar-refractivity contribution in [2.24, 2.45) is 0 Å². The highest BCUT2D eigenvalue weighted by molar-refractivity contribution is 5.78. The third kappa shape index (κ3) is 1.70. The summed E-state index contributed by atoms with van der Waals surface area (Å²) in [5.74, 6) is -0.0636. The van der Waals surface area contributed by atoms with E-state index in [1.54, 1.807) is 18.2 Å². The highest BCUT2D eigenvalue weighted by Gasteiger charge is 2.19. The van der Waals surface area contributed by atoms with Gasteiger partial charge in [0.25, 0.3) is 0 Å². The fourth-order valence-electron chi connectivity index (χ4n) is 1.51. The normalized spacial score (nSPS) is 10.0. The number of nitro groups is 1. The van der Waals surface area contributed by atoms with E-state index in [2.05, 4.69) is 4.98 Å². The number of aromatic nitrogens is 1. The van der Waals surface area contributed by atoms with Crippen LogP contribution in [0.25, 0.3) is 11.1 Å². The Morgan fingerprint density at radius 2 is 1.88 bits per heavy atom. The van der Waals surface area contributed by atoms with Gasteiger partial charge >= 0.3 is 5.69 Å². The summed E-state index contributed by atoms with van der Waals surface area (Å²) < 4.78 is 0. The van der Waals surface area contributed by atoms with E-state index in [1.165, 1.54) is 6.20 Å². The molecular formula is C11H9N3O2. The molecule has 16 heavy (non-hydrogen) atoms. The predicted octanol–water partition coefficient (Wildman–Crippen LogP) is 2.24. The molecule has 80 valence electrons. The number of pyridine rings is 1. The molecule has 2 N–H and O–H groups in total. The first-order chi connectivity index (χ1) is 7.70. The molecule has 5 heteroatoms. The Bertz CT molecular complexity index is 526. The Kier molecular flexibility index (Phi) is 2.51. The molecule has 0 amide bonds. The second-order valence-electron chi connectivity index (χ2n) is 3.22. The molecule has 0 aliphatic heterocycles. The Morgan fingerprint density at radius 3 is 2.50 bits per heavy atom. The first kappa shape index (κ1) is 10.1. The van der Waals surface area contributed by atoms with Crippen molar-refractivity contribution in [1.82, 2.24) is 4.98 Å². The summed E-state index contributed by atoms with van der Waals surface area (Å²) in [6, 6.07) is 10.7. The van der Waals surface area contributed by atoms with Crippen LogP contribution in [-0.2, 0) is 0 Å². The number of rotatable bonds is 2. The molecule has 2 aromatic rings. The topological polar surface area (TPSA) is 82.0 Å². The Hall–Kier alpha value is -2.43. The number of hydrogen-bond acceptors (Lipinski definition) is 4. The van der Waals surface area contributed by atoms with Crippen molar-refractivity contribution < 1.29 is 4.92 Å². The number of nitrogens with two attached hydrogens (primary N) is 1. The highest BCUT2D eigenvalue weighted by Crippen LogP contribution is 2.32. The molecule has 1 aromatic carbocycles. The molecule has 0 saturated heterocycles. The number of hydrogen-bond donors (Lipinski definition) is 1. The van der Waals surface area contributed by atoms with E-state index in [0.29, 0.717) is 5.56 Å². The molecule has 0 aliphatic carbocycles. The minimum absolute atomic E-state index is 0.0636. The standard InChI is InChI=1S/C11H9N3O2/c12-11-10(14(15)16)9(6-7-13-11)8-4-2-1-3-5-8/h1-7H,(H2,12,13). The lowest BCUT2D eigenvalue weighted by Gasteiger charge is -2.03. The third-order valence-corrected chi connectivity index (χ3v) is 2.22. The summed E-state index contributed by atoms with van der Waals surface area (Å²) in [4.78, 5) is 14.1. The zero-order valence-corrected chi connectivity index (χ0v) is 8.33. The Balaban J connectivity index is 2.66. The molecule has 0 atom stereocenters. The third-order valence-electron chi connectivity index (χ3n) is 2.22. The van der Waals surface area contributed by atoms with Crippen LogP contribution in [-0.4, -0.2) is 9.91 Å². The predicted molar refractivity (Wildman–Crippen MR) is 60.7 cm³/mol. The molecule has 1 heterocycles. The van der Waals surface area contributed by atoms with E-state index >= 15 is 0 Å². The van der Waals surface area contributed by atoms with Crippen molar-refractivity contribution in [1.29, 1.82) is 0 Å². The summed E-state index contributed by atoms with van der Waals surface area (Å²) in [6.07, 6.45) is 1.46. The maximum absolute atomic E-state index is 10.9. The zero-order valence-electron chi connectivity index (χ0n) is 8.33. The van der Waals surface area contributed by atoms with Gasteiger partial charge in [0.2, 0.25) is 5.82 Å². The first-order valence-corrected chi connectivity index (χ1v) is 4.64. The van der Waals surface area contributed by atoms with E-state index < -0.39 is 4.92 Å². The molecule has 0 saturated carbocycles. The van der Waals surface area contributed by atoms with E-state index in [0.717, 1.165) is 5.56 Å². The molecule has 2 rings (SSSR count). The van der Waals surface area contributed by atoms with Crippen LogP contribution in [0, 0.1) is 10.1 Å². The second kappa shape index (κ2) is 3.98.